The molecule has 1 unspecified atom stereocenters. The molecule has 19 heavy (non-hydrogen) atoms. The first-order valence-electron chi connectivity index (χ1n) is 7.32. The standard InChI is InChI=1S/C17H30O2/c1-11-12-17(10,14(4,5)13(11,2)3)19-16(8,9)15(6,7)18-12/h1-10H3. The maximum absolute atomic E-state index is 6.64. The van der Waals surface area contributed by atoms with Crippen LogP contribution in [0.15, 0.2) is 11.3 Å². The van der Waals surface area contributed by atoms with E-state index in [1.807, 2.05) is 0 Å². The zero-order chi connectivity index (χ0) is 15.1. The largest absolute Gasteiger partial charge is 0.486 e. The summed E-state index contributed by atoms with van der Waals surface area (Å²) >= 11 is 0. The lowest BCUT2D eigenvalue weighted by molar-refractivity contribution is -0.291. The summed E-state index contributed by atoms with van der Waals surface area (Å²) in [4.78, 5) is 0. The van der Waals surface area contributed by atoms with Gasteiger partial charge < -0.3 is 9.47 Å². The van der Waals surface area contributed by atoms with Crippen molar-refractivity contribution in [2.75, 3.05) is 0 Å². The van der Waals surface area contributed by atoms with Gasteiger partial charge >= 0.3 is 0 Å². The van der Waals surface area contributed by atoms with Crippen LogP contribution in [0.3, 0.4) is 0 Å². The number of fused-ring (bicyclic) bond motifs is 1. The van der Waals surface area contributed by atoms with Gasteiger partial charge in [-0.1, -0.05) is 27.7 Å². The molecule has 1 aliphatic carbocycles. The molecule has 2 rings (SSSR count). The van der Waals surface area contributed by atoms with Crippen molar-refractivity contribution in [2.45, 2.75) is 86.0 Å². The Labute approximate surface area is 118 Å². The van der Waals surface area contributed by atoms with E-state index in [2.05, 4.69) is 69.2 Å². The van der Waals surface area contributed by atoms with Gasteiger partial charge in [-0.15, -0.1) is 0 Å². The van der Waals surface area contributed by atoms with Crippen LogP contribution in [-0.4, -0.2) is 16.8 Å². The second kappa shape index (κ2) is 3.39. The molecule has 0 aromatic heterocycles. The first-order chi connectivity index (χ1) is 8.21. The highest BCUT2D eigenvalue weighted by atomic mass is 16.6. The molecular formula is C17H30O2. The number of ether oxygens (including phenoxy) is 2. The van der Waals surface area contributed by atoms with E-state index >= 15 is 0 Å². The van der Waals surface area contributed by atoms with Crippen molar-refractivity contribution in [3.63, 3.8) is 0 Å². The van der Waals surface area contributed by atoms with Gasteiger partial charge in [0, 0.05) is 5.41 Å². The fourth-order valence-corrected chi connectivity index (χ4v) is 3.35. The molecule has 1 fully saturated rings. The van der Waals surface area contributed by atoms with Gasteiger partial charge in [0.05, 0.1) is 0 Å². The van der Waals surface area contributed by atoms with Crippen LogP contribution >= 0.6 is 0 Å². The molecule has 0 radical (unpaired) electrons. The molecule has 1 aliphatic heterocycles. The maximum Gasteiger partial charge on any atom is 0.131 e. The summed E-state index contributed by atoms with van der Waals surface area (Å²) in [6.45, 7) is 22.1. The molecule has 0 aromatic rings. The van der Waals surface area contributed by atoms with Crippen LogP contribution < -0.4 is 0 Å². The van der Waals surface area contributed by atoms with Gasteiger partial charge in [-0.05, 0) is 52.5 Å². The van der Waals surface area contributed by atoms with E-state index in [-0.39, 0.29) is 27.6 Å². The lowest BCUT2D eigenvalue weighted by Crippen LogP contribution is -2.63. The lowest BCUT2D eigenvalue weighted by atomic mass is 9.62. The molecule has 2 heteroatoms. The molecular weight excluding hydrogens is 236 g/mol. The monoisotopic (exact) mass is 266 g/mol. The van der Waals surface area contributed by atoms with Crippen LogP contribution in [0.2, 0.25) is 0 Å². The third-order valence-corrected chi connectivity index (χ3v) is 6.73. The molecule has 0 saturated carbocycles. The van der Waals surface area contributed by atoms with Gasteiger partial charge in [-0.25, -0.2) is 0 Å². The second-order valence-corrected chi connectivity index (χ2v) is 8.46. The molecule has 0 bridgehead atoms. The molecule has 0 aromatic carbocycles. The lowest BCUT2D eigenvalue weighted by Gasteiger charge is -2.57. The Hall–Kier alpha value is -0.500. The van der Waals surface area contributed by atoms with E-state index in [9.17, 15) is 0 Å². The predicted octanol–water partition coefficient (Wildman–Crippen LogP) is 4.69. The van der Waals surface area contributed by atoms with E-state index < -0.39 is 0 Å². The smallest absolute Gasteiger partial charge is 0.131 e. The zero-order valence-corrected chi connectivity index (χ0v) is 14.3. The van der Waals surface area contributed by atoms with Crippen molar-refractivity contribution in [1.82, 2.24) is 0 Å². The number of allylic oxidation sites excluding steroid dienone is 1. The van der Waals surface area contributed by atoms with Gasteiger partial charge in [0.15, 0.2) is 0 Å². The Morgan fingerprint density at radius 3 is 1.68 bits per heavy atom. The first-order valence-corrected chi connectivity index (χ1v) is 7.32. The summed E-state index contributed by atoms with van der Waals surface area (Å²) in [6, 6.07) is 0. The van der Waals surface area contributed by atoms with Gasteiger partial charge in [0.2, 0.25) is 0 Å². The maximum atomic E-state index is 6.64. The molecule has 1 heterocycles. The molecule has 0 spiro atoms. The molecule has 0 N–H and O–H groups in total. The summed E-state index contributed by atoms with van der Waals surface area (Å²) in [7, 11) is 0. The van der Waals surface area contributed by atoms with Crippen LogP contribution in [0.4, 0.5) is 0 Å². The van der Waals surface area contributed by atoms with Gasteiger partial charge in [-0.2, -0.15) is 0 Å². The van der Waals surface area contributed by atoms with Crippen molar-refractivity contribution in [3.05, 3.63) is 11.3 Å². The summed E-state index contributed by atoms with van der Waals surface area (Å²) < 4.78 is 13.1. The van der Waals surface area contributed by atoms with Crippen molar-refractivity contribution in [1.29, 1.82) is 0 Å². The predicted molar refractivity (Wildman–Crippen MR) is 79.0 cm³/mol. The van der Waals surface area contributed by atoms with Crippen molar-refractivity contribution < 1.29 is 9.47 Å². The molecule has 1 atom stereocenters. The Morgan fingerprint density at radius 2 is 1.21 bits per heavy atom. The van der Waals surface area contributed by atoms with Crippen LogP contribution in [-0.2, 0) is 9.47 Å². The highest BCUT2D eigenvalue weighted by molar-refractivity contribution is 5.38. The topological polar surface area (TPSA) is 18.5 Å². The third kappa shape index (κ3) is 1.47. The molecule has 2 nitrogen and oxygen atoms in total. The minimum absolute atomic E-state index is 0.00676. The van der Waals surface area contributed by atoms with Crippen molar-refractivity contribution >= 4 is 0 Å². The Kier molecular flexibility index (Phi) is 2.66. The van der Waals surface area contributed by atoms with Crippen LogP contribution in [0.5, 0.6) is 0 Å². The van der Waals surface area contributed by atoms with Crippen molar-refractivity contribution in [2.24, 2.45) is 10.8 Å². The minimum Gasteiger partial charge on any atom is -0.486 e. The number of hydrogen-bond donors (Lipinski definition) is 0. The van der Waals surface area contributed by atoms with Crippen molar-refractivity contribution in [3.8, 4) is 0 Å². The second-order valence-electron chi connectivity index (χ2n) is 8.46. The minimum atomic E-state index is -0.362. The fraction of sp³-hybridized carbons (Fsp3) is 0.882. The van der Waals surface area contributed by atoms with E-state index in [1.54, 1.807) is 0 Å². The zero-order valence-electron chi connectivity index (χ0n) is 14.3. The van der Waals surface area contributed by atoms with Gasteiger partial charge in [0.25, 0.3) is 0 Å². The van der Waals surface area contributed by atoms with Crippen LogP contribution in [0.1, 0.15) is 69.2 Å². The highest BCUT2D eigenvalue weighted by Gasteiger charge is 2.67. The Morgan fingerprint density at radius 1 is 0.737 bits per heavy atom. The number of hydrogen-bond acceptors (Lipinski definition) is 2. The fourth-order valence-electron chi connectivity index (χ4n) is 3.35. The average molecular weight is 266 g/mol. The van der Waals surface area contributed by atoms with Crippen LogP contribution in [0, 0.1) is 10.8 Å². The van der Waals surface area contributed by atoms with E-state index in [1.165, 1.54) is 5.57 Å². The first kappa shape index (κ1) is 14.9. The van der Waals surface area contributed by atoms with E-state index in [4.69, 9.17) is 9.47 Å². The summed E-state index contributed by atoms with van der Waals surface area (Å²) in [5.74, 6) is 1.05. The summed E-state index contributed by atoms with van der Waals surface area (Å²) in [6.07, 6.45) is 0. The van der Waals surface area contributed by atoms with Crippen LogP contribution in [0.25, 0.3) is 0 Å². The third-order valence-electron chi connectivity index (χ3n) is 6.73. The van der Waals surface area contributed by atoms with E-state index in [0.717, 1.165) is 5.76 Å². The Bertz CT molecular complexity index is 452. The quantitative estimate of drug-likeness (QED) is 0.633. The molecule has 1 saturated heterocycles. The SMILES string of the molecule is CC1=C2OC(C)(C)C(C)(C)OC2(C)C(C)(C)C1(C)C. The van der Waals surface area contributed by atoms with Gasteiger partial charge in [0.1, 0.15) is 22.6 Å². The summed E-state index contributed by atoms with van der Waals surface area (Å²) in [5, 5.41) is 0. The normalized spacial score (nSPS) is 37.8. The Balaban J connectivity index is 2.66. The molecule has 110 valence electrons. The molecule has 0 amide bonds. The average Bonchev–Trinajstić information content (AvgIpc) is 2.28. The summed E-state index contributed by atoms with van der Waals surface area (Å²) in [5.41, 5.74) is 0.381. The van der Waals surface area contributed by atoms with E-state index in [0.29, 0.717) is 0 Å². The number of rotatable bonds is 0. The highest BCUT2D eigenvalue weighted by Crippen LogP contribution is 2.65. The molecule has 2 aliphatic rings. The van der Waals surface area contributed by atoms with Gasteiger partial charge in [-0.3, -0.25) is 0 Å².